The highest BCUT2D eigenvalue weighted by Crippen LogP contribution is 2.40. The van der Waals surface area contributed by atoms with Crippen molar-refractivity contribution in [1.29, 1.82) is 0 Å². The van der Waals surface area contributed by atoms with Crippen molar-refractivity contribution in [3.63, 3.8) is 0 Å². The van der Waals surface area contributed by atoms with Gasteiger partial charge < -0.3 is 49.4 Å². The Morgan fingerprint density at radius 2 is 1.60 bits per heavy atom. The molecule has 0 aromatic carbocycles. The molecule has 5 heterocycles. The average molecular weight is 861 g/mol. The molecule has 0 aliphatic carbocycles. The van der Waals surface area contributed by atoms with Crippen molar-refractivity contribution < 1.29 is 48.7 Å². The van der Waals surface area contributed by atoms with Crippen molar-refractivity contribution in [2.45, 2.75) is 150 Å². The Balaban J connectivity index is 1.38. The van der Waals surface area contributed by atoms with E-state index in [2.05, 4.69) is 34.3 Å². The monoisotopic (exact) mass is 860 g/mol. The van der Waals surface area contributed by atoms with E-state index >= 15 is 0 Å². The van der Waals surface area contributed by atoms with Crippen LogP contribution in [-0.2, 0) is 23.7 Å². The molecule has 4 N–H and O–H groups in total. The fourth-order valence-corrected chi connectivity index (χ4v) is 11.0. The summed E-state index contributed by atoms with van der Waals surface area (Å²) in [6.07, 6.45) is -2.71. The lowest BCUT2D eigenvalue weighted by Gasteiger charge is -2.44. The molecule has 0 bridgehead atoms. The Morgan fingerprint density at radius 3 is 2.21 bits per heavy atom. The number of carbonyl (C=O) groups is 3. The number of aliphatic hydroxyl groups is 3. The molecule has 0 saturated carbocycles. The third-order valence-corrected chi connectivity index (χ3v) is 13.7. The third kappa shape index (κ3) is 11.8. The van der Waals surface area contributed by atoms with E-state index in [0.29, 0.717) is 60.6 Å². The summed E-state index contributed by atoms with van der Waals surface area (Å²) in [7, 11) is 0. The molecule has 5 rings (SSSR count). The van der Waals surface area contributed by atoms with E-state index in [4.69, 9.17) is 18.9 Å². The van der Waals surface area contributed by atoms with E-state index in [1.807, 2.05) is 27.7 Å². The van der Waals surface area contributed by atoms with E-state index in [1.165, 1.54) is 39.8 Å². The van der Waals surface area contributed by atoms with Crippen LogP contribution in [-0.4, -0.2) is 163 Å². The molecule has 4 fully saturated rings. The molecule has 0 radical (unpaired) electrons. The van der Waals surface area contributed by atoms with Gasteiger partial charge in [-0.15, -0.1) is 22.0 Å². The van der Waals surface area contributed by atoms with Crippen molar-refractivity contribution in [3.8, 4) is 0 Å². The largest absolute Gasteiger partial charge is 0.444 e. The van der Waals surface area contributed by atoms with E-state index in [0.717, 1.165) is 19.3 Å². The number of anilines is 1. The van der Waals surface area contributed by atoms with Crippen LogP contribution in [0, 0.1) is 17.8 Å². The zero-order valence-electron chi connectivity index (χ0n) is 35.0. The van der Waals surface area contributed by atoms with E-state index in [-0.39, 0.29) is 12.0 Å². The number of likely N-dealkylation sites (tertiary alicyclic amines) is 1. The summed E-state index contributed by atoms with van der Waals surface area (Å²) in [5.74, 6) is 0.295. The molecule has 324 valence electrons. The quantitative estimate of drug-likeness (QED) is 0.248. The summed E-state index contributed by atoms with van der Waals surface area (Å²) in [4.78, 5) is 46.3. The van der Waals surface area contributed by atoms with Crippen LogP contribution in [0.1, 0.15) is 81.6 Å². The van der Waals surface area contributed by atoms with Gasteiger partial charge in [-0.25, -0.2) is 9.59 Å². The molecular formula is C38H64N6O10S3. The van der Waals surface area contributed by atoms with Gasteiger partial charge in [-0.2, -0.15) is 0 Å². The molecule has 0 spiro atoms. The summed E-state index contributed by atoms with van der Waals surface area (Å²) in [5.41, 5.74) is -2.26. The van der Waals surface area contributed by atoms with Gasteiger partial charge in [0.15, 0.2) is 4.34 Å². The van der Waals surface area contributed by atoms with Gasteiger partial charge in [0.25, 0.3) is 0 Å². The summed E-state index contributed by atoms with van der Waals surface area (Å²) in [6.45, 7) is 19.9. The molecule has 11 atom stereocenters. The smallest absolute Gasteiger partial charge is 0.411 e. The van der Waals surface area contributed by atoms with E-state index < -0.39 is 76.5 Å². The van der Waals surface area contributed by atoms with Gasteiger partial charge in [-0.05, 0) is 78.9 Å². The lowest BCUT2D eigenvalue weighted by molar-refractivity contribution is -0.205. The normalized spacial score (nSPS) is 31.1. The van der Waals surface area contributed by atoms with Crippen LogP contribution in [0.5, 0.6) is 0 Å². The topological polar surface area (TPSA) is 196 Å². The highest BCUT2D eigenvalue weighted by atomic mass is 32.2. The van der Waals surface area contributed by atoms with Crippen molar-refractivity contribution in [2.75, 3.05) is 50.5 Å². The van der Waals surface area contributed by atoms with Crippen LogP contribution < -0.4 is 10.2 Å². The molecule has 4 saturated heterocycles. The van der Waals surface area contributed by atoms with Crippen molar-refractivity contribution >= 4 is 58.1 Å². The first-order valence-corrected chi connectivity index (χ1v) is 23.0. The van der Waals surface area contributed by atoms with Crippen molar-refractivity contribution in [2.24, 2.45) is 17.8 Å². The van der Waals surface area contributed by atoms with Crippen molar-refractivity contribution in [1.82, 2.24) is 25.3 Å². The van der Waals surface area contributed by atoms with Crippen LogP contribution in [0.3, 0.4) is 0 Å². The van der Waals surface area contributed by atoms with Crippen LogP contribution in [0.2, 0.25) is 0 Å². The van der Waals surface area contributed by atoms with Gasteiger partial charge >= 0.3 is 12.2 Å². The number of thioether (sulfide) groups is 2. The number of aromatic nitrogens is 2. The number of rotatable bonds is 10. The van der Waals surface area contributed by atoms with Crippen molar-refractivity contribution in [3.05, 3.63) is 0 Å². The molecule has 19 heteroatoms. The number of aliphatic hydroxyl groups excluding tert-OH is 3. The number of carbonyl (C=O) groups excluding carboxylic acids is 3. The van der Waals surface area contributed by atoms with E-state index in [1.54, 1.807) is 31.9 Å². The number of hydrogen-bond acceptors (Lipinski definition) is 16. The summed E-state index contributed by atoms with van der Waals surface area (Å²) < 4.78 is 24.6. The van der Waals surface area contributed by atoms with Crippen LogP contribution in [0.4, 0.5) is 14.7 Å². The van der Waals surface area contributed by atoms with Gasteiger partial charge in [0, 0.05) is 50.5 Å². The second kappa shape index (κ2) is 19.1. The predicted molar refractivity (Wildman–Crippen MR) is 220 cm³/mol. The van der Waals surface area contributed by atoms with Crippen LogP contribution in [0.15, 0.2) is 4.34 Å². The highest BCUT2D eigenvalue weighted by Gasteiger charge is 2.53. The van der Waals surface area contributed by atoms with Gasteiger partial charge in [0.1, 0.15) is 47.1 Å². The first-order chi connectivity index (χ1) is 26.6. The number of amides is 3. The molecule has 4 aliphatic heterocycles. The molecule has 0 unspecified atom stereocenters. The first-order valence-electron chi connectivity index (χ1n) is 20.0. The number of hydrogen-bond donors (Lipinski definition) is 4. The summed E-state index contributed by atoms with van der Waals surface area (Å²) in [6, 6.07) is -1.96. The number of nitrogens with zero attached hydrogens (tertiary/aromatic N) is 5. The second-order valence-electron chi connectivity index (χ2n) is 18.0. The standard InChI is InChI=1S/C38H64N6O10S3/c1-20(2)17-22-11-16-51-29-23(18-22)19-44(36(50)54-38(7,8)9)25(29)31(48)39-24(30-27(46)26(45)28(47)32(52-30)55-10)21(3)56-34-41-40-33(57-34)42-12-14-43(15-13-42)35(49)53-37(4,5)6/h20-30,32,45-47H,11-19H2,1-10H3,(H,39,48)/t21-,22-,23-,24+,25-,26-,27+,28+,29+,30+,32+/m0/s1. The molecule has 3 amide bonds. The number of nitrogens with one attached hydrogen (secondary N) is 1. The Labute approximate surface area is 349 Å². The lowest BCUT2D eigenvalue weighted by Crippen LogP contribution is -2.66. The van der Waals surface area contributed by atoms with E-state index in [9.17, 15) is 29.7 Å². The minimum Gasteiger partial charge on any atom is -0.444 e. The number of fused-ring (bicyclic) bond motifs is 1. The zero-order chi connectivity index (χ0) is 42.0. The number of piperazine rings is 1. The van der Waals surface area contributed by atoms with Crippen LogP contribution >= 0.6 is 34.9 Å². The fourth-order valence-electron chi connectivity index (χ4n) is 8.04. The third-order valence-electron chi connectivity index (χ3n) is 10.6. The van der Waals surface area contributed by atoms with Gasteiger partial charge in [-0.1, -0.05) is 43.9 Å². The molecule has 4 aliphatic rings. The molecule has 16 nitrogen and oxygen atoms in total. The average Bonchev–Trinajstić information content (AvgIpc) is 3.67. The Morgan fingerprint density at radius 1 is 0.947 bits per heavy atom. The SMILES string of the molecule is CS[C@H]1O[C@H]([C@H](NC(=O)[C@@H]2[C@@H]3OCC[C@@H](CC(C)C)C[C@H]3CN2C(=O)OC(C)(C)C)[C@H](C)Sc2nnc(N3CCN(C(=O)OC(C)(C)C)CC3)s2)[C@H](O)[C@H](O)[C@H]1O. The van der Waals surface area contributed by atoms with Gasteiger partial charge in [0.2, 0.25) is 11.0 Å². The molecule has 1 aromatic rings. The minimum absolute atomic E-state index is 0.0926. The number of ether oxygens (including phenoxy) is 4. The highest BCUT2D eigenvalue weighted by molar-refractivity contribution is 8.01. The fraction of sp³-hybridized carbons (Fsp3) is 0.868. The Bertz CT molecular complexity index is 1520. The van der Waals surface area contributed by atoms with Gasteiger partial charge in [0.05, 0.1) is 12.1 Å². The Kier molecular flexibility index (Phi) is 15.4. The van der Waals surface area contributed by atoms with Crippen LogP contribution in [0.25, 0.3) is 0 Å². The Hall–Kier alpha value is -2.13. The summed E-state index contributed by atoms with van der Waals surface area (Å²) in [5, 5.41) is 45.2. The lowest BCUT2D eigenvalue weighted by atomic mass is 9.85. The summed E-state index contributed by atoms with van der Waals surface area (Å²) >= 11 is 3.88. The predicted octanol–water partition coefficient (Wildman–Crippen LogP) is 3.81. The molecular weight excluding hydrogens is 797 g/mol. The first kappa shape index (κ1) is 45.9. The maximum Gasteiger partial charge on any atom is 0.411 e. The maximum absolute atomic E-state index is 14.8. The molecule has 1 aromatic heterocycles. The minimum atomic E-state index is -1.55. The molecule has 57 heavy (non-hydrogen) atoms. The second-order valence-corrected chi connectivity index (χ2v) is 21.5. The zero-order valence-corrected chi connectivity index (χ0v) is 37.4. The van der Waals surface area contributed by atoms with Gasteiger partial charge in [-0.3, -0.25) is 9.69 Å². The maximum atomic E-state index is 14.8.